The molecule has 3 heterocycles. The lowest BCUT2D eigenvalue weighted by atomic mass is 9.95. The van der Waals surface area contributed by atoms with E-state index in [2.05, 4.69) is 20.9 Å². The van der Waals surface area contributed by atoms with Gasteiger partial charge in [-0.05, 0) is 59.6 Å². The number of hydrogen-bond donors (Lipinski definition) is 0. The van der Waals surface area contributed by atoms with Crippen LogP contribution in [0, 0.1) is 0 Å². The summed E-state index contributed by atoms with van der Waals surface area (Å²) in [5.74, 6) is 1.77. The van der Waals surface area contributed by atoms with Crippen LogP contribution in [0.15, 0.2) is 55.9 Å². The highest BCUT2D eigenvalue weighted by Crippen LogP contribution is 2.38. The number of halogens is 1. The van der Waals surface area contributed by atoms with Crippen LogP contribution in [0.4, 0.5) is 0 Å². The van der Waals surface area contributed by atoms with Gasteiger partial charge in [-0.2, -0.15) is 0 Å². The summed E-state index contributed by atoms with van der Waals surface area (Å²) in [6.45, 7) is 3.78. The van der Waals surface area contributed by atoms with E-state index in [4.69, 9.17) is 23.7 Å². The van der Waals surface area contributed by atoms with Gasteiger partial charge in [0.05, 0.1) is 47.1 Å². The van der Waals surface area contributed by atoms with E-state index in [9.17, 15) is 9.59 Å². The van der Waals surface area contributed by atoms with E-state index in [1.165, 1.54) is 15.9 Å². The third-order valence-electron chi connectivity index (χ3n) is 6.02. The number of benzene rings is 2. The summed E-state index contributed by atoms with van der Waals surface area (Å²) in [4.78, 5) is 32.0. The Morgan fingerprint density at radius 3 is 2.68 bits per heavy atom. The first-order chi connectivity index (χ1) is 17.9. The molecular weight excluding hydrogens is 564 g/mol. The fourth-order valence-corrected chi connectivity index (χ4v) is 5.89. The predicted octanol–water partition coefficient (Wildman–Crippen LogP) is 3.31. The zero-order valence-electron chi connectivity index (χ0n) is 20.5. The molecule has 0 saturated carbocycles. The molecule has 192 valence electrons. The third kappa shape index (κ3) is 4.42. The number of carbonyl (C=O) groups is 1. The zero-order chi connectivity index (χ0) is 26.3. The molecule has 0 bridgehead atoms. The maximum absolute atomic E-state index is 13.9. The minimum atomic E-state index is -0.753. The van der Waals surface area contributed by atoms with Gasteiger partial charge in [0.15, 0.2) is 16.3 Å². The van der Waals surface area contributed by atoms with Gasteiger partial charge in [-0.15, -0.1) is 0 Å². The smallest absolute Gasteiger partial charge is 0.338 e. The topological polar surface area (TPSA) is 97.6 Å². The van der Waals surface area contributed by atoms with Gasteiger partial charge in [-0.3, -0.25) is 9.36 Å². The Morgan fingerprint density at radius 2 is 1.95 bits per heavy atom. The Bertz CT molecular complexity index is 1620. The summed E-state index contributed by atoms with van der Waals surface area (Å²) in [5.41, 5.74) is 1.85. The van der Waals surface area contributed by atoms with Crippen LogP contribution in [0.25, 0.3) is 6.08 Å². The molecule has 0 amide bonds. The summed E-state index contributed by atoms with van der Waals surface area (Å²) >= 11 is 4.72. The Kier molecular flexibility index (Phi) is 6.82. The van der Waals surface area contributed by atoms with Crippen molar-refractivity contribution >= 4 is 39.3 Å². The van der Waals surface area contributed by atoms with Crippen molar-refractivity contribution in [2.24, 2.45) is 4.99 Å². The van der Waals surface area contributed by atoms with Crippen LogP contribution in [0.5, 0.6) is 23.0 Å². The average molecular weight is 587 g/mol. The Balaban J connectivity index is 1.73. The highest BCUT2D eigenvalue weighted by atomic mass is 79.9. The minimum absolute atomic E-state index is 0.112. The molecule has 0 radical (unpaired) electrons. The first kappa shape index (κ1) is 25.1. The second kappa shape index (κ2) is 10.1. The molecule has 11 heteroatoms. The summed E-state index contributed by atoms with van der Waals surface area (Å²) in [7, 11) is 3.12. The summed E-state index contributed by atoms with van der Waals surface area (Å²) in [5, 5.41) is 0. The van der Waals surface area contributed by atoms with Gasteiger partial charge in [0, 0.05) is 11.6 Å². The number of methoxy groups -OCH3 is 2. The summed E-state index contributed by atoms with van der Waals surface area (Å²) in [6, 6.07) is 8.18. The monoisotopic (exact) mass is 586 g/mol. The number of nitrogens with zero attached hydrogens (tertiary/aromatic N) is 2. The number of rotatable bonds is 6. The quantitative estimate of drug-likeness (QED) is 0.409. The fraction of sp³-hybridized carbons (Fsp3) is 0.269. The van der Waals surface area contributed by atoms with Crippen LogP contribution in [0.3, 0.4) is 0 Å². The number of ether oxygens (including phenoxy) is 5. The van der Waals surface area contributed by atoms with Crippen molar-refractivity contribution in [1.29, 1.82) is 0 Å². The minimum Gasteiger partial charge on any atom is -0.496 e. The van der Waals surface area contributed by atoms with Gasteiger partial charge in [0.2, 0.25) is 6.79 Å². The number of esters is 1. The number of thiazole rings is 1. The van der Waals surface area contributed by atoms with Crippen molar-refractivity contribution in [2.75, 3.05) is 27.6 Å². The molecule has 2 aromatic carbocycles. The van der Waals surface area contributed by atoms with Crippen LogP contribution in [-0.4, -0.2) is 38.2 Å². The average Bonchev–Trinajstić information content (AvgIpc) is 3.47. The summed E-state index contributed by atoms with van der Waals surface area (Å²) in [6.07, 6.45) is 1.74. The van der Waals surface area contributed by atoms with Crippen LogP contribution in [0.2, 0.25) is 0 Å². The SMILES string of the molecule is CCOC(=O)C1=C(C)N=c2s/c(=C\c3cc(Br)c(OC)cc3OC)c(=O)n2[C@H]1c1ccc2c(c1)OCO2. The molecule has 0 spiro atoms. The summed E-state index contributed by atoms with van der Waals surface area (Å²) < 4.78 is 29.9. The maximum Gasteiger partial charge on any atom is 0.338 e. The van der Waals surface area contributed by atoms with E-state index >= 15 is 0 Å². The van der Waals surface area contributed by atoms with E-state index in [0.717, 1.165) is 0 Å². The molecule has 0 saturated heterocycles. The van der Waals surface area contributed by atoms with Gasteiger partial charge in [0.25, 0.3) is 5.56 Å². The number of aromatic nitrogens is 1. The van der Waals surface area contributed by atoms with E-state index in [1.54, 1.807) is 52.3 Å². The van der Waals surface area contributed by atoms with Gasteiger partial charge in [-0.1, -0.05) is 17.4 Å². The standard InChI is InChI=1S/C26H23BrN2O7S/c1-5-34-25(31)22-13(2)28-26-29(23(22)14-6-7-17-20(9-14)36-12-35-17)24(30)21(37-26)10-15-8-16(27)19(33-4)11-18(15)32-3/h6-11,23H,5,12H2,1-4H3/b21-10-/t23-/m0/s1. The Hall–Kier alpha value is -3.57. The van der Waals surface area contributed by atoms with Gasteiger partial charge in [-0.25, -0.2) is 9.79 Å². The number of allylic oxidation sites excluding steroid dienone is 1. The molecule has 1 atom stereocenters. The number of carbonyl (C=O) groups excluding carboxylic acids is 1. The molecule has 0 N–H and O–H groups in total. The van der Waals surface area contributed by atoms with Crippen molar-refractivity contribution in [1.82, 2.24) is 4.57 Å². The first-order valence-corrected chi connectivity index (χ1v) is 13.0. The van der Waals surface area contributed by atoms with Crippen molar-refractivity contribution < 1.29 is 28.5 Å². The normalized spacial score (nSPS) is 16.4. The highest BCUT2D eigenvalue weighted by Gasteiger charge is 2.34. The molecule has 2 aliphatic rings. The molecule has 0 aliphatic carbocycles. The molecule has 1 aromatic heterocycles. The van der Waals surface area contributed by atoms with Crippen LogP contribution in [0.1, 0.15) is 31.0 Å². The van der Waals surface area contributed by atoms with E-state index in [0.29, 0.717) is 59.2 Å². The molecule has 0 fully saturated rings. The molecule has 9 nitrogen and oxygen atoms in total. The molecule has 0 unspecified atom stereocenters. The van der Waals surface area contributed by atoms with Gasteiger partial charge in [0.1, 0.15) is 11.5 Å². The van der Waals surface area contributed by atoms with Crippen molar-refractivity contribution in [3.63, 3.8) is 0 Å². The fourth-order valence-electron chi connectivity index (χ4n) is 4.33. The zero-order valence-corrected chi connectivity index (χ0v) is 22.9. The van der Waals surface area contributed by atoms with E-state index < -0.39 is 12.0 Å². The largest absolute Gasteiger partial charge is 0.496 e. The first-order valence-electron chi connectivity index (χ1n) is 11.4. The van der Waals surface area contributed by atoms with Crippen LogP contribution >= 0.6 is 27.3 Å². The number of hydrogen-bond acceptors (Lipinski definition) is 9. The highest BCUT2D eigenvalue weighted by molar-refractivity contribution is 9.10. The van der Waals surface area contributed by atoms with E-state index in [1.807, 2.05) is 12.1 Å². The lowest BCUT2D eigenvalue weighted by molar-refractivity contribution is -0.139. The van der Waals surface area contributed by atoms with Crippen LogP contribution < -0.4 is 33.8 Å². The number of fused-ring (bicyclic) bond motifs is 2. The predicted molar refractivity (Wildman–Crippen MR) is 140 cm³/mol. The van der Waals surface area contributed by atoms with Crippen molar-refractivity contribution in [3.8, 4) is 23.0 Å². The molecule has 3 aromatic rings. The Morgan fingerprint density at radius 1 is 1.19 bits per heavy atom. The van der Waals surface area contributed by atoms with Crippen molar-refractivity contribution in [2.45, 2.75) is 19.9 Å². The maximum atomic E-state index is 13.9. The van der Waals surface area contributed by atoms with Crippen LogP contribution in [-0.2, 0) is 9.53 Å². The second-order valence-electron chi connectivity index (χ2n) is 8.14. The molecule has 37 heavy (non-hydrogen) atoms. The second-order valence-corrected chi connectivity index (χ2v) is 10.0. The molecular formula is C26H23BrN2O7S. The lowest BCUT2D eigenvalue weighted by Gasteiger charge is -2.24. The molecule has 2 aliphatic heterocycles. The van der Waals surface area contributed by atoms with Gasteiger partial charge >= 0.3 is 5.97 Å². The Labute approximate surface area is 224 Å². The lowest BCUT2D eigenvalue weighted by Crippen LogP contribution is -2.39. The van der Waals surface area contributed by atoms with E-state index in [-0.39, 0.29) is 19.0 Å². The third-order valence-corrected chi connectivity index (χ3v) is 7.62. The van der Waals surface area contributed by atoms with Crippen molar-refractivity contribution in [3.05, 3.63) is 76.9 Å². The van der Waals surface area contributed by atoms with Gasteiger partial charge < -0.3 is 23.7 Å². The molecule has 5 rings (SSSR count).